The van der Waals surface area contributed by atoms with E-state index in [0.717, 1.165) is 43.0 Å². The molecule has 0 saturated carbocycles. The molecule has 4 rings (SSSR count). The average Bonchev–Trinajstić information content (AvgIpc) is 3.17. The standard InChI is InChI=1S/C20H25N5O2.ClH/c26-19(22-11-17-10-18-12-21-7-4-8-25(18)23-17)14-24-13-16(9-20(24)27)15-5-2-1-3-6-15;/h1-3,5-6,10,16,21H,4,7-9,11-14H2,(H,22,26);1H. The van der Waals surface area contributed by atoms with E-state index < -0.39 is 0 Å². The molecule has 0 radical (unpaired) electrons. The molecule has 0 spiro atoms. The molecule has 1 aromatic heterocycles. The van der Waals surface area contributed by atoms with Gasteiger partial charge in [-0.15, -0.1) is 12.4 Å². The Morgan fingerprint density at radius 1 is 1.29 bits per heavy atom. The van der Waals surface area contributed by atoms with Crippen LogP contribution < -0.4 is 10.6 Å². The number of hydrogen-bond donors (Lipinski definition) is 2. The number of amides is 2. The van der Waals surface area contributed by atoms with Crippen LogP contribution in [0, 0.1) is 0 Å². The molecule has 1 atom stereocenters. The summed E-state index contributed by atoms with van der Waals surface area (Å²) in [6.45, 7) is 3.81. The highest BCUT2D eigenvalue weighted by molar-refractivity contribution is 5.86. The van der Waals surface area contributed by atoms with Crippen LogP contribution in [0.3, 0.4) is 0 Å². The highest BCUT2D eigenvalue weighted by Gasteiger charge is 2.31. The molecule has 150 valence electrons. The molecule has 0 aliphatic carbocycles. The molecular formula is C20H26ClN5O2. The monoisotopic (exact) mass is 403 g/mol. The van der Waals surface area contributed by atoms with Gasteiger partial charge in [0.15, 0.2) is 0 Å². The van der Waals surface area contributed by atoms with Crippen LogP contribution in [0.2, 0.25) is 0 Å². The number of fused-ring (bicyclic) bond motifs is 1. The number of aromatic nitrogens is 2. The van der Waals surface area contributed by atoms with Gasteiger partial charge in [-0.25, -0.2) is 0 Å². The summed E-state index contributed by atoms with van der Waals surface area (Å²) in [5.74, 6) is 0.0694. The lowest BCUT2D eigenvalue weighted by atomic mass is 9.99. The minimum atomic E-state index is -0.140. The summed E-state index contributed by atoms with van der Waals surface area (Å²) in [5, 5.41) is 10.8. The van der Waals surface area contributed by atoms with Crippen LogP contribution in [0.25, 0.3) is 0 Å². The number of carbonyl (C=O) groups excluding carboxylic acids is 2. The number of halogens is 1. The van der Waals surface area contributed by atoms with E-state index in [4.69, 9.17) is 0 Å². The van der Waals surface area contributed by atoms with Crippen molar-refractivity contribution in [3.05, 3.63) is 53.3 Å². The third kappa shape index (κ3) is 4.72. The smallest absolute Gasteiger partial charge is 0.239 e. The van der Waals surface area contributed by atoms with E-state index in [-0.39, 0.29) is 36.7 Å². The third-order valence-electron chi connectivity index (χ3n) is 5.23. The first kappa shape index (κ1) is 20.4. The van der Waals surface area contributed by atoms with Crippen molar-refractivity contribution < 1.29 is 9.59 Å². The van der Waals surface area contributed by atoms with E-state index in [1.807, 2.05) is 41.1 Å². The van der Waals surface area contributed by atoms with Gasteiger partial charge in [0, 0.05) is 32.0 Å². The van der Waals surface area contributed by atoms with E-state index in [9.17, 15) is 9.59 Å². The summed E-state index contributed by atoms with van der Waals surface area (Å²) in [4.78, 5) is 26.2. The molecule has 2 aromatic rings. The van der Waals surface area contributed by atoms with E-state index >= 15 is 0 Å². The number of aryl methyl sites for hydroxylation is 1. The van der Waals surface area contributed by atoms with Crippen molar-refractivity contribution in [2.75, 3.05) is 19.6 Å². The van der Waals surface area contributed by atoms with Crippen molar-refractivity contribution >= 4 is 24.2 Å². The Kier molecular flexibility index (Phi) is 6.70. The van der Waals surface area contributed by atoms with Gasteiger partial charge in [-0.2, -0.15) is 5.10 Å². The molecule has 0 bridgehead atoms. The first-order chi connectivity index (χ1) is 13.2. The first-order valence-electron chi connectivity index (χ1n) is 9.55. The number of benzene rings is 1. The predicted molar refractivity (Wildman–Crippen MR) is 108 cm³/mol. The van der Waals surface area contributed by atoms with E-state index in [0.29, 0.717) is 19.5 Å². The summed E-state index contributed by atoms with van der Waals surface area (Å²) in [6, 6.07) is 12.1. The van der Waals surface area contributed by atoms with Gasteiger partial charge in [0.25, 0.3) is 0 Å². The molecular weight excluding hydrogens is 378 g/mol. The third-order valence-corrected chi connectivity index (χ3v) is 5.23. The van der Waals surface area contributed by atoms with Gasteiger partial charge in [-0.1, -0.05) is 30.3 Å². The summed E-state index contributed by atoms with van der Waals surface area (Å²) in [5.41, 5.74) is 3.16. The van der Waals surface area contributed by atoms with Crippen LogP contribution in [0.15, 0.2) is 36.4 Å². The highest BCUT2D eigenvalue weighted by atomic mass is 35.5. The summed E-state index contributed by atoms with van der Waals surface area (Å²) < 4.78 is 2.01. The van der Waals surface area contributed by atoms with Crippen molar-refractivity contribution in [2.24, 2.45) is 0 Å². The van der Waals surface area contributed by atoms with Crippen LogP contribution in [-0.4, -0.2) is 46.1 Å². The minimum Gasteiger partial charge on any atom is -0.349 e. The Labute approximate surface area is 170 Å². The van der Waals surface area contributed by atoms with E-state index in [1.54, 1.807) is 4.90 Å². The number of rotatable bonds is 5. The second kappa shape index (κ2) is 9.21. The van der Waals surface area contributed by atoms with Gasteiger partial charge in [0.2, 0.25) is 11.8 Å². The van der Waals surface area contributed by atoms with Crippen molar-refractivity contribution in [1.29, 1.82) is 0 Å². The molecule has 8 heteroatoms. The normalized spacial score (nSPS) is 18.9. The van der Waals surface area contributed by atoms with Crippen LogP contribution in [0.5, 0.6) is 0 Å². The molecule has 2 aliphatic rings. The van der Waals surface area contributed by atoms with Gasteiger partial charge < -0.3 is 15.5 Å². The Balaban J connectivity index is 0.00000225. The maximum atomic E-state index is 12.3. The summed E-state index contributed by atoms with van der Waals surface area (Å²) >= 11 is 0. The summed E-state index contributed by atoms with van der Waals surface area (Å²) in [7, 11) is 0. The van der Waals surface area contributed by atoms with Crippen molar-refractivity contribution in [2.45, 2.75) is 38.4 Å². The molecule has 3 heterocycles. The van der Waals surface area contributed by atoms with Crippen LogP contribution in [0.4, 0.5) is 0 Å². The maximum Gasteiger partial charge on any atom is 0.239 e. The number of nitrogens with one attached hydrogen (secondary N) is 2. The Hall–Kier alpha value is -2.38. The lowest BCUT2D eigenvalue weighted by molar-refractivity contribution is -0.133. The molecule has 1 aromatic carbocycles. The zero-order valence-electron chi connectivity index (χ0n) is 15.8. The van der Waals surface area contributed by atoms with E-state index in [1.165, 1.54) is 0 Å². The fraction of sp³-hybridized carbons (Fsp3) is 0.450. The number of nitrogens with zero attached hydrogens (tertiary/aromatic N) is 3. The van der Waals surface area contributed by atoms with E-state index in [2.05, 4.69) is 15.7 Å². The topological polar surface area (TPSA) is 79.3 Å². The number of likely N-dealkylation sites (tertiary alicyclic amines) is 1. The second-order valence-corrected chi connectivity index (χ2v) is 7.24. The molecule has 28 heavy (non-hydrogen) atoms. The Morgan fingerprint density at radius 2 is 2.11 bits per heavy atom. The van der Waals surface area contributed by atoms with Crippen LogP contribution >= 0.6 is 12.4 Å². The Morgan fingerprint density at radius 3 is 2.93 bits per heavy atom. The first-order valence-corrected chi connectivity index (χ1v) is 9.55. The predicted octanol–water partition coefficient (Wildman–Crippen LogP) is 1.43. The Bertz CT molecular complexity index is 800. The number of hydrogen-bond acceptors (Lipinski definition) is 4. The zero-order valence-corrected chi connectivity index (χ0v) is 16.6. The molecule has 1 unspecified atom stereocenters. The van der Waals surface area contributed by atoms with Crippen molar-refractivity contribution in [3.63, 3.8) is 0 Å². The molecule has 1 saturated heterocycles. The van der Waals surface area contributed by atoms with Crippen LogP contribution in [0.1, 0.15) is 35.7 Å². The maximum absolute atomic E-state index is 12.3. The molecule has 2 amide bonds. The van der Waals surface area contributed by atoms with Crippen molar-refractivity contribution in [1.82, 2.24) is 25.3 Å². The average molecular weight is 404 g/mol. The fourth-order valence-electron chi connectivity index (χ4n) is 3.80. The van der Waals surface area contributed by atoms with Crippen molar-refractivity contribution in [3.8, 4) is 0 Å². The zero-order chi connectivity index (χ0) is 18.6. The lowest BCUT2D eigenvalue weighted by Crippen LogP contribution is -2.37. The van der Waals surface area contributed by atoms with Gasteiger partial charge in [0.05, 0.1) is 24.5 Å². The SMILES string of the molecule is Cl.O=C(CN1CC(c2ccccc2)CC1=O)NCc1cc2n(n1)CCCNC2. The van der Waals surface area contributed by atoms with Crippen LogP contribution in [-0.2, 0) is 29.2 Å². The van der Waals surface area contributed by atoms with Gasteiger partial charge in [-0.3, -0.25) is 14.3 Å². The molecule has 2 N–H and O–H groups in total. The van der Waals surface area contributed by atoms with Gasteiger partial charge in [-0.05, 0) is 24.6 Å². The largest absolute Gasteiger partial charge is 0.349 e. The molecule has 7 nitrogen and oxygen atoms in total. The molecule has 1 fully saturated rings. The second-order valence-electron chi connectivity index (χ2n) is 7.24. The minimum absolute atomic E-state index is 0. The molecule has 2 aliphatic heterocycles. The fourth-order valence-corrected chi connectivity index (χ4v) is 3.80. The van der Waals surface area contributed by atoms with Gasteiger partial charge >= 0.3 is 0 Å². The number of carbonyl (C=O) groups is 2. The lowest BCUT2D eigenvalue weighted by Gasteiger charge is -2.16. The van der Waals surface area contributed by atoms with Gasteiger partial charge in [0.1, 0.15) is 0 Å². The summed E-state index contributed by atoms with van der Waals surface area (Å²) in [6.07, 6.45) is 1.53. The highest BCUT2D eigenvalue weighted by Crippen LogP contribution is 2.27. The quantitative estimate of drug-likeness (QED) is 0.791.